The second-order valence-electron chi connectivity index (χ2n) is 4.87. The van der Waals surface area contributed by atoms with Crippen LogP contribution in [0.5, 0.6) is 0 Å². The van der Waals surface area contributed by atoms with Gasteiger partial charge in [-0.1, -0.05) is 42.5 Å². The smallest absolute Gasteiger partial charge is 0.239 e. The van der Waals surface area contributed by atoms with Crippen LogP contribution in [0.1, 0.15) is 18.4 Å². The molecule has 1 heterocycles. The Labute approximate surface area is 108 Å². The molecule has 0 aliphatic carbocycles. The molecule has 0 aromatic heterocycles. The Kier molecular flexibility index (Phi) is 4.15. The van der Waals surface area contributed by atoms with Gasteiger partial charge in [0.1, 0.15) is 0 Å². The number of piperidine rings is 1. The molecule has 1 atom stereocenters. The molecular weight excluding hydrogens is 224 g/mol. The van der Waals surface area contributed by atoms with Crippen LogP contribution in [-0.2, 0) is 11.2 Å². The summed E-state index contributed by atoms with van der Waals surface area (Å²) in [5.41, 5.74) is 8.34. The molecule has 1 aromatic carbocycles. The number of hydrogen-bond donors (Lipinski definition) is 1. The number of nitrogens with two attached hydrogens (primary N) is 1. The topological polar surface area (TPSA) is 46.3 Å². The average Bonchev–Trinajstić information content (AvgIpc) is 2.40. The lowest BCUT2D eigenvalue weighted by molar-refractivity contribution is -0.133. The first-order chi connectivity index (χ1) is 8.66. The summed E-state index contributed by atoms with van der Waals surface area (Å²) in [6.07, 6.45) is 2.42. The van der Waals surface area contributed by atoms with Crippen molar-refractivity contribution in [3.8, 4) is 0 Å². The third-order valence-corrected chi connectivity index (χ3v) is 3.40. The van der Waals surface area contributed by atoms with Gasteiger partial charge in [0, 0.05) is 13.1 Å². The van der Waals surface area contributed by atoms with E-state index in [9.17, 15) is 4.79 Å². The second-order valence-corrected chi connectivity index (χ2v) is 4.87. The van der Waals surface area contributed by atoms with Crippen LogP contribution in [0, 0.1) is 0 Å². The summed E-state index contributed by atoms with van der Waals surface area (Å²) in [4.78, 5) is 14.0. The molecule has 2 N–H and O–H groups in total. The zero-order valence-corrected chi connectivity index (χ0v) is 10.6. The normalized spacial score (nSPS) is 17.6. The van der Waals surface area contributed by atoms with Gasteiger partial charge in [0.15, 0.2) is 0 Å². The summed E-state index contributed by atoms with van der Waals surface area (Å²) in [5.74, 6) is 0.0614. The number of amides is 1. The minimum atomic E-state index is -0.432. The molecule has 96 valence electrons. The van der Waals surface area contributed by atoms with Crippen molar-refractivity contribution in [2.75, 3.05) is 13.1 Å². The van der Waals surface area contributed by atoms with Crippen molar-refractivity contribution in [1.29, 1.82) is 0 Å². The molecule has 0 unspecified atom stereocenters. The monoisotopic (exact) mass is 244 g/mol. The Hall–Kier alpha value is -1.61. The molecule has 3 heteroatoms. The SMILES string of the molecule is C=C1CCN(C(=O)[C@@H](N)Cc2ccccc2)CC1. The zero-order valence-electron chi connectivity index (χ0n) is 10.6. The number of carbonyl (C=O) groups excluding carboxylic acids is 1. The fourth-order valence-electron chi connectivity index (χ4n) is 2.23. The molecule has 1 aliphatic heterocycles. The van der Waals surface area contributed by atoms with Crippen LogP contribution in [0.4, 0.5) is 0 Å². The summed E-state index contributed by atoms with van der Waals surface area (Å²) < 4.78 is 0. The quantitative estimate of drug-likeness (QED) is 0.823. The van der Waals surface area contributed by atoms with Gasteiger partial charge in [0.2, 0.25) is 5.91 Å². The van der Waals surface area contributed by atoms with Crippen LogP contribution in [-0.4, -0.2) is 29.9 Å². The van der Waals surface area contributed by atoms with E-state index in [1.54, 1.807) is 0 Å². The maximum Gasteiger partial charge on any atom is 0.239 e. The van der Waals surface area contributed by atoms with E-state index in [0.29, 0.717) is 6.42 Å². The first-order valence-electron chi connectivity index (χ1n) is 6.42. The van der Waals surface area contributed by atoms with E-state index in [2.05, 4.69) is 6.58 Å². The minimum absolute atomic E-state index is 0.0614. The minimum Gasteiger partial charge on any atom is -0.341 e. The van der Waals surface area contributed by atoms with Crippen molar-refractivity contribution >= 4 is 5.91 Å². The molecule has 0 saturated carbocycles. The van der Waals surface area contributed by atoms with Gasteiger partial charge < -0.3 is 10.6 Å². The molecule has 0 spiro atoms. The fraction of sp³-hybridized carbons (Fsp3) is 0.400. The standard InChI is InChI=1S/C15H20N2O/c1-12-7-9-17(10-8-12)15(18)14(16)11-13-5-3-2-4-6-13/h2-6,14H,1,7-11,16H2/t14-/m0/s1. The number of hydrogen-bond acceptors (Lipinski definition) is 2. The van der Waals surface area contributed by atoms with Crippen LogP contribution in [0.25, 0.3) is 0 Å². The predicted molar refractivity (Wildman–Crippen MR) is 73.1 cm³/mol. The lowest BCUT2D eigenvalue weighted by Crippen LogP contribution is -2.47. The van der Waals surface area contributed by atoms with Crippen LogP contribution in [0.2, 0.25) is 0 Å². The summed E-state index contributed by atoms with van der Waals surface area (Å²) in [7, 11) is 0. The van der Waals surface area contributed by atoms with E-state index in [0.717, 1.165) is 31.5 Å². The number of benzene rings is 1. The lowest BCUT2D eigenvalue weighted by atomic mass is 10.0. The van der Waals surface area contributed by atoms with Crippen LogP contribution in [0.15, 0.2) is 42.5 Å². The summed E-state index contributed by atoms with van der Waals surface area (Å²) in [5, 5.41) is 0. The van der Waals surface area contributed by atoms with Gasteiger partial charge in [-0.25, -0.2) is 0 Å². The Morgan fingerprint density at radius 1 is 1.28 bits per heavy atom. The highest BCUT2D eigenvalue weighted by atomic mass is 16.2. The number of carbonyl (C=O) groups is 1. The van der Waals surface area contributed by atoms with E-state index in [1.807, 2.05) is 35.2 Å². The molecular formula is C15H20N2O. The van der Waals surface area contributed by atoms with Crippen LogP contribution in [0.3, 0.4) is 0 Å². The van der Waals surface area contributed by atoms with Gasteiger partial charge in [0.25, 0.3) is 0 Å². The average molecular weight is 244 g/mol. The van der Waals surface area contributed by atoms with Crippen molar-refractivity contribution in [1.82, 2.24) is 4.90 Å². The van der Waals surface area contributed by atoms with E-state index in [4.69, 9.17) is 5.73 Å². The van der Waals surface area contributed by atoms with Gasteiger partial charge >= 0.3 is 0 Å². The van der Waals surface area contributed by atoms with Gasteiger partial charge in [0.05, 0.1) is 6.04 Å². The van der Waals surface area contributed by atoms with Crippen molar-refractivity contribution in [2.45, 2.75) is 25.3 Å². The first-order valence-corrected chi connectivity index (χ1v) is 6.42. The number of likely N-dealkylation sites (tertiary alicyclic amines) is 1. The van der Waals surface area contributed by atoms with Gasteiger partial charge in [-0.15, -0.1) is 0 Å². The Bertz CT molecular complexity index is 417. The predicted octanol–water partition coefficient (Wildman–Crippen LogP) is 1.73. The molecule has 18 heavy (non-hydrogen) atoms. The molecule has 1 aromatic rings. The largest absolute Gasteiger partial charge is 0.341 e. The number of nitrogens with zero attached hydrogens (tertiary/aromatic N) is 1. The third kappa shape index (κ3) is 3.20. The van der Waals surface area contributed by atoms with E-state index >= 15 is 0 Å². The van der Waals surface area contributed by atoms with Crippen molar-refractivity contribution in [3.63, 3.8) is 0 Å². The third-order valence-electron chi connectivity index (χ3n) is 3.40. The van der Waals surface area contributed by atoms with E-state index < -0.39 is 6.04 Å². The maximum atomic E-state index is 12.2. The molecule has 0 radical (unpaired) electrons. The molecule has 1 amide bonds. The number of rotatable bonds is 3. The highest BCUT2D eigenvalue weighted by Crippen LogP contribution is 2.15. The fourth-order valence-corrected chi connectivity index (χ4v) is 2.23. The van der Waals surface area contributed by atoms with Crippen molar-refractivity contribution in [3.05, 3.63) is 48.0 Å². The molecule has 1 aliphatic rings. The summed E-state index contributed by atoms with van der Waals surface area (Å²) in [6, 6.07) is 9.48. The Morgan fingerprint density at radius 3 is 2.50 bits per heavy atom. The highest BCUT2D eigenvalue weighted by Gasteiger charge is 2.23. The van der Waals surface area contributed by atoms with Crippen molar-refractivity contribution < 1.29 is 4.79 Å². The van der Waals surface area contributed by atoms with Crippen molar-refractivity contribution in [2.24, 2.45) is 5.73 Å². The Morgan fingerprint density at radius 2 is 1.89 bits per heavy atom. The molecule has 2 rings (SSSR count). The Balaban J connectivity index is 1.91. The first kappa shape index (κ1) is 12.8. The van der Waals surface area contributed by atoms with Crippen LogP contribution < -0.4 is 5.73 Å². The lowest BCUT2D eigenvalue weighted by Gasteiger charge is -2.30. The zero-order chi connectivity index (χ0) is 13.0. The van der Waals surface area contributed by atoms with Crippen LogP contribution >= 0.6 is 0 Å². The van der Waals surface area contributed by atoms with Gasteiger partial charge in [-0.2, -0.15) is 0 Å². The molecule has 0 bridgehead atoms. The molecule has 1 saturated heterocycles. The highest BCUT2D eigenvalue weighted by molar-refractivity contribution is 5.82. The van der Waals surface area contributed by atoms with Gasteiger partial charge in [-0.05, 0) is 24.8 Å². The molecule has 3 nitrogen and oxygen atoms in total. The van der Waals surface area contributed by atoms with E-state index in [1.165, 1.54) is 5.57 Å². The maximum absolute atomic E-state index is 12.2. The second kappa shape index (κ2) is 5.83. The van der Waals surface area contributed by atoms with Gasteiger partial charge in [-0.3, -0.25) is 4.79 Å². The van der Waals surface area contributed by atoms with E-state index in [-0.39, 0.29) is 5.91 Å². The summed E-state index contributed by atoms with van der Waals surface area (Å²) >= 11 is 0. The molecule has 1 fully saturated rings. The summed E-state index contributed by atoms with van der Waals surface area (Å²) in [6.45, 7) is 5.48.